The Balaban J connectivity index is 0.963. The first-order valence-corrected chi connectivity index (χ1v) is 22.0. The number of fused-ring (bicyclic) bond motifs is 13. The summed E-state index contributed by atoms with van der Waals surface area (Å²) in [5.74, 6) is 0. The van der Waals surface area contributed by atoms with Crippen molar-refractivity contribution in [1.29, 1.82) is 0 Å². The standard InChI is InChI=1S/C60H38N4/c1-3-19-41(20-4-1)61-52-29-11-8-26-46(52)50-38-58-51(37-57(50)61)47-27-9-12-30-53(47)63(58)44-24-16-18-40(36-44)39-17-15-23-43(35-39)62-55-32-14-10-28-49(55)59-56(62)34-33-48-45-25-7-13-31-54(45)64(60(48)59)42-21-5-2-6-22-42/h1-38H. The van der Waals surface area contributed by atoms with Gasteiger partial charge in [-0.25, -0.2) is 0 Å². The van der Waals surface area contributed by atoms with Gasteiger partial charge in [-0.1, -0.05) is 140 Å². The Morgan fingerprint density at radius 2 is 0.594 bits per heavy atom. The Bertz CT molecular complexity index is 4180. The van der Waals surface area contributed by atoms with Crippen LogP contribution in [-0.4, -0.2) is 18.3 Å². The van der Waals surface area contributed by atoms with Crippen LogP contribution in [0.1, 0.15) is 0 Å². The molecule has 14 aromatic rings. The number of para-hydroxylation sites is 6. The van der Waals surface area contributed by atoms with Gasteiger partial charge in [-0.15, -0.1) is 0 Å². The summed E-state index contributed by atoms with van der Waals surface area (Å²) in [6, 6.07) is 84.4. The summed E-state index contributed by atoms with van der Waals surface area (Å²) >= 11 is 0. The quantitative estimate of drug-likeness (QED) is 0.165. The van der Waals surface area contributed by atoms with Crippen LogP contribution in [-0.2, 0) is 0 Å². The molecule has 0 spiro atoms. The van der Waals surface area contributed by atoms with Crippen molar-refractivity contribution in [3.63, 3.8) is 0 Å². The fourth-order valence-corrected chi connectivity index (χ4v) is 10.8. The average molecular weight is 815 g/mol. The van der Waals surface area contributed by atoms with Crippen molar-refractivity contribution < 1.29 is 0 Å². The van der Waals surface area contributed by atoms with Crippen molar-refractivity contribution in [2.75, 3.05) is 0 Å². The Labute approximate surface area is 368 Å². The summed E-state index contributed by atoms with van der Waals surface area (Å²) in [5.41, 5.74) is 16.5. The SMILES string of the molecule is c1ccc(-n2c3ccccc3c3cc4c(cc32)c2ccccc2n4-c2cccc(-c3cccc(-n4c5ccccc5c5c4ccc4c6ccccc6n(-c6ccccc6)c45)c3)c2)cc1. The predicted octanol–water partition coefficient (Wildman–Crippen LogP) is 15.7. The maximum atomic E-state index is 2.45. The Hall–Kier alpha value is -8.60. The van der Waals surface area contributed by atoms with Gasteiger partial charge in [0, 0.05) is 65.8 Å². The van der Waals surface area contributed by atoms with Gasteiger partial charge in [0.25, 0.3) is 0 Å². The maximum absolute atomic E-state index is 2.45. The molecule has 0 bridgehead atoms. The minimum Gasteiger partial charge on any atom is -0.309 e. The smallest absolute Gasteiger partial charge is 0.0641 e. The number of benzene rings is 10. The number of aromatic nitrogens is 4. The normalized spacial score (nSPS) is 12.1. The zero-order valence-electron chi connectivity index (χ0n) is 34.7. The van der Waals surface area contributed by atoms with Crippen molar-refractivity contribution in [2.45, 2.75) is 0 Å². The predicted molar refractivity (Wildman–Crippen MR) is 269 cm³/mol. The second kappa shape index (κ2) is 13.4. The van der Waals surface area contributed by atoms with Crippen molar-refractivity contribution in [2.24, 2.45) is 0 Å². The molecule has 0 amide bonds. The Kier molecular flexibility index (Phi) is 7.36. The lowest BCUT2D eigenvalue weighted by Gasteiger charge is -2.13. The van der Waals surface area contributed by atoms with Crippen molar-refractivity contribution in [3.8, 4) is 33.9 Å². The highest BCUT2D eigenvalue weighted by Gasteiger charge is 2.22. The summed E-state index contributed by atoms with van der Waals surface area (Å²) in [4.78, 5) is 0. The highest BCUT2D eigenvalue weighted by Crippen LogP contribution is 2.43. The fraction of sp³-hybridized carbons (Fsp3) is 0. The highest BCUT2D eigenvalue weighted by molar-refractivity contribution is 6.26. The molecule has 0 N–H and O–H groups in total. The van der Waals surface area contributed by atoms with Gasteiger partial charge in [0.05, 0.1) is 44.1 Å². The average Bonchev–Trinajstić information content (AvgIpc) is 4.08. The molecular weight excluding hydrogens is 777 g/mol. The molecule has 10 aromatic carbocycles. The molecule has 0 radical (unpaired) electrons. The van der Waals surface area contributed by atoms with E-state index in [1.165, 1.54) is 98.4 Å². The third-order valence-corrected chi connectivity index (χ3v) is 13.5. The molecule has 0 saturated carbocycles. The molecule has 4 aromatic heterocycles. The van der Waals surface area contributed by atoms with Crippen LogP contribution in [0.4, 0.5) is 0 Å². The van der Waals surface area contributed by atoms with Gasteiger partial charge in [0.1, 0.15) is 0 Å². The first-order valence-electron chi connectivity index (χ1n) is 22.0. The third-order valence-electron chi connectivity index (χ3n) is 13.5. The van der Waals surface area contributed by atoms with Crippen LogP contribution in [0.5, 0.6) is 0 Å². The third kappa shape index (κ3) is 4.93. The monoisotopic (exact) mass is 814 g/mol. The van der Waals surface area contributed by atoms with Gasteiger partial charge < -0.3 is 18.3 Å². The number of hydrogen-bond acceptors (Lipinski definition) is 0. The van der Waals surface area contributed by atoms with E-state index in [1.807, 2.05) is 0 Å². The molecule has 4 heterocycles. The van der Waals surface area contributed by atoms with Crippen molar-refractivity contribution in [1.82, 2.24) is 18.3 Å². The van der Waals surface area contributed by atoms with E-state index in [2.05, 4.69) is 249 Å². The van der Waals surface area contributed by atoms with Crippen LogP contribution in [0.2, 0.25) is 0 Å². The summed E-state index contributed by atoms with van der Waals surface area (Å²) in [6.07, 6.45) is 0. The summed E-state index contributed by atoms with van der Waals surface area (Å²) in [6.45, 7) is 0. The van der Waals surface area contributed by atoms with E-state index in [0.29, 0.717) is 0 Å². The lowest BCUT2D eigenvalue weighted by Crippen LogP contribution is -1.96. The second-order valence-corrected chi connectivity index (χ2v) is 16.9. The highest BCUT2D eigenvalue weighted by atomic mass is 15.0. The molecule has 4 heteroatoms. The van der Waals surface area contributed by atoms with E-state index >= 15 is 0 Å². The lowest BCUT2D eigenvalue weighted by molar-refractivity contribution is 1.17. The van der Waals surface area contributed by atoms with Gasteiger partial charge in [-0.2, -0.15) is 0 Å². The molecule has 0 aliphatic heterocycles. The van der Waals surface area contributed by atoms with Crippen LogP contribution in [0.25, 0.3) is 121 Å². The maximum Gasteiger partial charge on any atom is 0.0641 e. The zero-order valence-corrected chi connectivity index (χ0v) is 34.7. The van der Waals surface area contributed by atoms with Gasteiger partial charge in [-0.05, 0) is 102 Å². The number of nitrogens with zero attached hydrogens (tertiary/aromatic N) is 4. The Morgan fingerprint density at radius 3 is 1.14 bits per heavy atom. The van der Waals surface area contributed by atoms with Crippen LogP contribution < -0.4 is 0 Å². The van der Waals surface area contributed by atoms with Gasteiger partial charge in [-0.3, -0.25) is 0 Å². The van der Waals surface area contributed by atoms with E-state index in [4.69, 9.17) is 0 Å². The molecule has 64 heavy (non-hydrogen) atoms. The van der Waals surface area contributed by atoms with E-state index < -0.39 is 0 Å². The van der Waals surface area contributed by atoms with Crippen LogP contribution in [0.15, 0.2) is 231 Å². The van der Waals surface area contributed by atoms with Crippen molar-refractivity contribution >= 4 is 87.2 Å². The van der Waals surface area contributed by atoms with E-state index in [-0.39, 0.29) is 0 Å². The molecular formula is C60H38N4. The first kappa shape index (κ1) is 35.0. The summed E-state index contributed by atoms with van der Waals surface area (Å²) in [5, 5.41) is 9.98. The molecule has 0 fully saturated rings. The summed E-state index contributed by atoms with van der Waals surface area (Å²) < 4.78 is 9.77. The van der Waals surface area contributed by atoms with Gasteiger partial charge in [0.15, 0.2) is 0 Å². The minimum absolute atomic E-state index is 1.13. The molecule has 0 atom stereocenters. The molecule has 14 rings (SSSR count). The van der Waals surface area contributed by atoms with Crippen LogP contribution in [0.3, 0.4) is 0 Å². The molecule has 4 nitrogen and oxygen atoms in total. The molecule has 0 aliphatic carbocycles. The van der Waals surface area contributed by atoms with Crippen LogP contribution >= 0.6 is 0 Å². The van der Waals surface area contributed by atoms with Crippen molar-refractivity contribution in [3.05, 3.63) is 231 Å². The molecule has 0 saturated heterocycles. The first-order chi connectivity index (χ1) is 31.8. The van der Waals surface area contributed by atoms with E-state index in [1.54, 1.807) is 0 Å². The number of hydrogen-bond donors (Lipinski definition) is 0. The van der Waals surface area contributed by atoms with Gasteiger partial charge in [0.2, 0.25) is 0 Å². The summed E-state index contributed by atoms with van der Waals surface area (Å²) in [7, 11) is 0. The fourth-order valence-electron chi connectivity index (χ4n) is 10.8. The largest absolute Gasteiger partial charge is 0.309 e. The molecule has 298 valence electrons. The zero-order chi connectivity index (χ0) is 41.9. The topological polar surface area (TPSA) is 19.7 Å². The van der Waals surface area contributed by atoms with E-state index in [9.17, 15) is 0 Å². The number of rotatable bonds is 5. The Morgan fingerprint density at radius 1 is 0.203 bits per heavy atom. The van der Waals surface area contributed by atoms with Crippen LogP contribution in [0, 0.1) is 0 Å². The molecule has 0 aliphatic rings. The second-order valence-electron chi connectivity index (χ2n) is 16.9. The van der Waals surface area contributed by atoms with Gasteiger partial charge >= 0.3 is 0 Å². The van der Waals surface area contributed by atoms with E-state index in [0.717, 1.165) is 22.7 Å². The lowest BCUT2D eigenvalue weighted by atomic mass is 10.0. The molecule has 0 unspecified atom stereocenters. The minimum atomic E-state index is 1.13.